The van der Waals surface area contributed by atoms with Gasteiger partial charge in [-0.15, -0.1) is 0 Å². The minimum Gasteiger partial charge on any atom is -0.459 e. The van der Waals surface area contributed by atoms with Gasteiger partial charge in [-0.1, -0.05) is 60.7 Å². The number of hydrogen-bond acceptors (Lipinski definition) is 6. The Balaban J connectivity index is 1.64. The van der Waals surface area contributed by atoms with Crippen LogP contribution in [0.15, 0.2) is 60.7 Å². The molecule has 0 aliphatic carbocycles. The van der Waals surface area contributed by atoms with E-state index in [2.05, 4.69) is 0 Å². The Morgan fingerprint density at radius 3 is 2.04 bits per heavy atom. The lowest BCUT2D eigenvalue weighted by Crippen LogP contribution is -2.45. The van der Waals surface area contributed by atoms with Crippen LogP contribution in [0.2, 0.25) is 0 Å². The third-order valence-electron chi connectivity index (χ3n) is 3.94. The van der Waals surface area contributed by atoms with E-state index in [9.17, 15) is 13.8 Å². The van der Waals surface area contributed by atoms with E-state index in [0.29, 0.717) is 0 Å². The number of ether oxygens (including phenoxy) is 2. The number of carbonyl (C=O) groups excluding carboxylic acids is 2. The van der Waals surface area contributed by atoms with Gasteiger partial charge in [0.15, 0.2) is 6.04 Å². The third-order valence-corrected chi connectivity index (χ3v) is 5.11. The maximum atomic E-state index is 12.5. The summed E-state index contributed by atoms with van der Waals surface area (Å²) in [5, 5.41) is 0. The van der Waals surface area contributed by atoms with Gasteiger partial charge < -0.3 is 9.47 Å². The molecular formula is C19H19NO6S. The van der Waals surface area contributed by atoms with Crippen molar-refractivity contribution in [1.29, 1.82) is 0 Å². The quantitative estimate of drug-likeness (QED) is 0.732. The first-order valence-electron chi connectivity index (χ1n) is 8.36. The molecule has 1 aliphatic rings. The molecule has 2 aromatic carbocycles. The monoisotopic (exact) mass is 389 g/mol. The first-order valence-corrected chi connectivity index (χ1v) is 9.39. The molecule has 2 aromatic rings. The number of esters is 1. The highest BCUT2D eigenvalue weighted by Gasteiger charge is 2.48. The number of amides is 1. The molecule has 3 atom stereocenters. The van der Waals surface area contributed by atoms with Crippen molar-refractivity contribution in [2.75, 3.05) is 0 Å². The Kier molecular flexibility index (Phi) is 6.20. The maximum absolute atomic E-state index is 12.5. The van der Waals surface area contributed by atoms with Crippen molar-refractivity contribution in [3.8, 4) is 0 Å². The van der Waals surface area contributed by atoms with Crippen LogP contribution in [0.3, 0.4) is 0 Å². The topological polar surface area (TPSA) is 82.1 Å². The molecule has 0 aromatic heterocycles. The van der Waals surface area contributed by atoms with Gasteiger partial charge in [0, 0.05) is 0 Å². The molecule has 1 saturated heterocycles. The fourth-order valence-electron chi connectivity index (χ4n) is 2.57. The summed E-state index contributed by atoms with van der Waals surface area (Å²) in [7, 11) is 0. The molecule has 0 spiro atoms. The van der Waals surface area contributed by atoms with Gasteiger partial charge in [-0.3, -0.25) is 4.18 Å². The molecule has 8 heteroatoms. The predicted molar refractivity (Wildman–Crippen MR) is 97.2 cm³/mol. The molecule has 1 fully saturated rings. The highest BCUT2D eigenvalue weighted by molar-refractivity contribution is 7.78. The molecule has 142 valence electrons. The summed E-state index contributed by atoms with van der Waals surface area (Å²) < 4.78 is 28.5. The largest absolute Gasteiger partial charge is 0.459 e. The molecule has 0 radical (unpaired) electrons. The van der Waals surface area contributed by atoms with Gasteiger partial charge in [0.05, 0.1) is 0 Å². The standard InChI is InChI=1S/C19H19NO6S/c1-14-17(18(21)24-12-15-8-4-2-5-9-15)20(27(23)26-14)19(22)25-13-16-10-6-3-7-11-16/h2-11,14,17H,12-13H2,1H3/t14-,17+,27?/m1/s1. The van der Waals surface area contributed by atoms with Crippen LogP contribution in [0.5, 0.6) is 0 Å². The van der Waals surface area contributed by atoms with Crippen molar-refractivity contribution in [2.24, 2.45) is 0 Å². The Morgan fingerprint density at radius 2 is 1.48 bits per heavy atom. The van der Waals surface area contributed by atoms with Crippen LogP contribution in [-0.4, -0.2) is 32.7 Å². The Morgan fingerprint density at radius 1 is 0.963 bits per heavy atom. The molecule has 1 amide bonds. The first kappa shape index (κ1) is 19.1. The normalized spacial score (nSPS) is 21.7. The Labute approximate surface area is 159 Å². The Hall–Kier alpha value is -2.71. The van der Waals surface area contributed by atoms with Gasteiger partial charge >= 0.3 is 12.1 Å². The van der Waals surface area contributed by atoms with Crippen LogP contribution in [0, 0.1) is 0 Å². The number of carbonyl (C=O) groups is 2. The van der Waals surface area contributed by atoms with Gasteiger partial charge in [-0.05, 0) is 18.1 Å². The van der Waals surface area contributed by atoms with E-state index in [1.807, 2.05) is 48.5 Å². The summed E-state index contributed by atoms with van der Waals surface area (Å²) >= 11 is -2.12. The zero-order valence-electron chi connectivity index (χ0n) is 14.6. The van der Waals surface area contributed by atoms with Gasteiger partial charge in [0.2, 0.25) is 0 Å². The van der Waals surface area contributed by atoms with Crippen molar-refractivity contribution >= 4 is 23.3 Å². The van der Waals surface area contributed by atoms with E-state index in [1.54, 1.807) is 19.1 Å². The van der Waals surface area contributed by atoms with Crippen LogP contribution in [0.1, 0.15) is 18.1 Å². The van der Waals surface area contributed by atoms with E-state index in [0.717, 1.165) is 15.4 Å². The van der Waals surface area contributed by atoms with Crippen LogP contribution in [0.25, 0.3) is 0 Å². The highest BCUT2D eigenvalue weighted by Crippen LogP contribution is 2.24. The maximum Gasteiger partial charge on any atom is 0.424 e. The lowest BCUT2D eigenvalue weighted by atomic mass is 10.2. The molecule has 1 heterocycles. The van der Waals surface area contributed by atoms with Gasteiger partial charge in [0.1, 0.15) is 19.3 Å². The molecule has 7 nitrogen and oxygen atoms in total. The van der Waals surface area contributed by atoms with E-state index in [4.69, 9.17) is 13.7 Å². The van der Waals surface area contributed by atoms with E-state index in [-0.39, 0.29) is 13.2 Å². The number of benzene rings is 2. The molecule has 1 unspecified atom stereocenters. The van der Waals surface area contributed by atoms with E-state index >= 15 is 0 Å². The Bertz CT molecular complexity index is 813. The van der Waals surface area contributed by atoms with Crippen LogP contribution in [-0.2, 0) is 42.9 Å². The highest BCUT2D eigenvalue weighted by atomic mass is 32.2. The molecule has 0 saturated carbocycles. The summed E-state index contributed by atoms with van der Waals surface area (Å²) in [6.07, 6.45) is -1.68. The second kappa shape index (κ2) is 8.79. The zero-order chi connectivity index (χ0) is 19.2. The van der Waals surface area contributed by atoms with Gasteiger partial charge in [-0.2, -0.15) is 4.31 Å². The average molecular weight is 389 g/mol. The molecule has 3 rings (SSSR count). The zero-order valence-corrected chi connectivity index (χ0v) is 15.5. The lowest BCUT2D eigenvalue weighted by molar-refractivity contribution is -0.150. The molecular weight excluding hydrogens is 370 g/mol. The number of hydrogen-bond donors (Lipinski definition) is 0. The molecule has 0 bridgehead atoms. The number of rotatable bonds is 5. The summed E-state index contributed by atoms with van der Waals surface area (Å²) in [4.78, 5) is 24.9. The van der Waals surface area contributed by atoms with Crippen molar-refractivity contribution < 1.29 is 27.5 Å². The number of nitrogens with zero attached hydrogens (tertiary/aromatic N) is 1. The average Bonchev–Trinajstić information content (AvgIpc) is 3.00. The SMILES string of the molecule is C[C@H]1OS(=O)N(C(=O)OCc2ccccc2)[C@@H]1C(=O)OCc1ccccc1. The summed E-state index contributed by atoms with van der Waals surface area (Å²) in [6.45, 7) is 1.59. The van der Waals surface area contributed by atoms with Crippen LogP contribution >= 0.6 is 0 Å². The van der Waals surface area contributed by atoms with Crippen molar-refractivity contribution in [3.05, 3.63) is 71.8 Å². The minimum absolute atomic E-state index is 0.00641. The fraction of sp³-hybridized carbons (Fsp3) is 0.263. The molecule has 27 heavy (non-hydrogen) atoms. The first-order chi connectivity index (χ1) is 13.1. The predicted octanol–water partition coefficient (Wildman–Crippen LogP) is 2.73. The van der Waals surface area contributed by atoms with Crippen molar-refractivity contribution in [3.63, 3.8) is 0 Å². The summed E-state index contributed by atoms with van der Waals surface area (Å²) in [6, 6.07) is 17.0. The van der Waals surface area contributed by atoms with Crippen LogP contribution < -0.4 is 0 Å². The fourth-order valence-corrected chi connectivity index (χ4v) is 3.65. The van der Waals surface area contributed by atoms with Gasteiger partial charge in [-0.25, -0.2) is 13.8 Å². The summed E-state index contributed by atoms with van der Waals surface area (Å²) in [5.41, 5.74) is 1.57. The minimum atomic E-state index is -2.12. The third kappa shape index (κ3) is 4.72. The van der Waals surface area contributed by atoms with Crippen molar-refractivity contribution in [2.45, 2.75) is 32.3 Å². The van der Waals surface area contributed by atoms with E-state index < -0.39 is 35.5 Å². The second-order valence-electron chi connectivity index (χ2n) is 5.92. The lowest BCUT2D eigenvalue weighted by Gasteiger charge is -2.20. The van der Waals surface area contributed by atoms with E-state index in [1.165, 1.54) is 0 Å². The van der Waals surface area contributed by atoms with Crippen LogP contribution in [0.4, 0.5) is 4.79 Å². The summed E-state index contributed by atoms with van der Waals surface area (Å²) in [5.74, 6) is -0.700. The van der Waals surface area contributed by atoms with Crippen molar-refractivity contribution in [1.82, 2.24) is 4.31 Å². The molecule has 0 N–H and O–H groups in total. The smallest absolute Gasteiger partial charge is 0.424 e. The second-order valence-corrected chi connectivity index (χ2v) is 6.94. The van der Waals surface area contributed by atoms with Gasteiger partial charge in [0.25, 0.3) is 11.3 Å². The molecule has 1 aliphatic heterocycles.